The van der Waals surface area contributed by atoms with Crippen LogP contribution in [0.4, 0.5) is 0 Å². The fourth-order valence-corrected chi connectivity index (χ4v) is 0.834. The normalized spacial score (nSPS) is 19.6. The van der Waals surface area contributed by atoms with E-state index in [1.165, 1.54) is 13.5 Å². The smallest absolute Gasteiger partial charge is 0.0137 e. The Morgan fingerprint density at radius 2 is 1.80 bits per heavy atom. The summed E-state index contributed by atoms with van der Waals surface area (Å²) in [5.41, 5.74) is 4.91. The first-order valence-electron chi connectivity index (χ1n) is 3.63. The summed E-state index contributed by atoms with van der Waals surface area (Å²) in [4.78, 5) is 0. The van der Waals surface area contributed by atoms with E-state index >= 15 is 0 Å². The number of hydrogen-bond donors (Lipinski definition) is 1. The van der Waals surface area contributed by atoms with Crippen molar-refractivity contribution in [2.24, 2.45) is 11.1 Å². The van der Waals surface area contributed by atoms with E-state index in [0.29, 0.717) is 5.41 Å². The molecule has 1 aliphatic rings. The van der Waals surface area contributed by atoms with Gasteiger partial charge in [0, 0.05) is 0 Å². The lowest BCUT2D eigenvalue weighted by molar-refractivity contribution is 0.484. The lowest BCUT2D eigenvalue weighted by Crippen LogP contribution is -2.06. The Hall–Kier alpha value is -0.560. The van der Waals surface area contributed by atoms with Gasteiger partial charge in [0.15, 0.2) is 0 Å². The minimum atomic E-state index is 0.411. The molecule has 1 aliphatic carbocycles. The molecule has 0 fully saturated rings. The maximum atomic E-state index is 4.50. The molecule has 0 heterocycles. The van der Waals surface area contributed by atoms with Crippen LogP contribution >= 0.6 is 0 Å². The second-order valence-electron chi connectivity index (χ2n) is 2.98. The number of nitrogens with two attached hydrogens (primary N) is 1. The third kappa shape index (κ3) is 3.46. The number of hydrogen-bond acceptors (Lipinski definition) is 1. The van der Waals surface area contributed by atoms with Gasteiger partial charge < -0.3 is 5.73 Å². The Kier molecular flexibility index (Phi) is 4.05. The third-order valence-corrected chi connectivity index (χ3v) is 1.44. The summed E-state index contributed by atoms with van der Waals surface area (Å²) in [6, 6.07) is 0. The van der Waals surface area contributed by atoms with Crippen molar-refractivity contribution < 1.29 is 0 Å². The minimum Gasteiger partial charge on any atom is -0.333 e. The highest BCUT2D eigenvalue weighted by atomic mass is 14.4. The van der Waals surface area contributed by atoms with Gasteiger partial charge >= 0.3 is 0 Å². The van der Waals surface area contributed by atoms with E-state index in [9.17, 15) is 0 Å². The van der Waals surface area contributed by atoms with Crippen LogP contribution in [-0.2, 0) is 0 Å². The van der Waals surface area contributed by atoms with E-state index in [1.54, 1.807) is 0 Å². The number of allylic oxidation sites excluding steroid dienone is 4. The highest BCUT2D eigenvalue weighted by Crippen LogP contribution is 2.24. The molecule has 0 aromatic carbocycles. The summed E-state index contributed by atoms with van der Waals surface area (Å²) in [7, 11) is 1.50. The van der Waals surface area contributed by atoms with Crippen LogP contribution in [0.1, 0.15) is 20.3 Å². The van der Waals surface area contributed by atoms with Crippen LogP contribution in [0, 0.1) is 5.41 Å². The molecule has 0 atom stereocenters. The zero-order chi connectivity index (χ0) is 8.04. The van der Waals surface area contributed by atoms with Crippen LogP contribution < -0.4 is 5.73 Å². The molecular formula is C9H17N. The van der Waals surface area contributed by atoms with Gasteiger partial charge in [0.25, 0.3) is 0 Å². The molecule has 0 aliphatic heterocycles. The van der Waals surface area contributed by atoms with Gasteiger partial charge in [-0.2, -0.15) is 0 Å². The van der Waals surface area contributed by atoms with Gasteiger partial charge in [0.1, 0.15) is 0 Å². The second-order valence-corrected chi connectivity index (χ2v) is 2.98. The monoisotopic (exact) mass is 139 g/mol. The number of rotatable bonds is 0. The molecule has 2 N–H and O–H groups in total. The summed E-state index contributed by atoms with van der Waals surface area (Å²) in [6.45, 7) is 4.49. The van der Waals surface area contributed by atoms with E-state index in [2.05, 4.69) is 43.9 Å². The van der Waals surface area contributed by atoms with Crippen molar-refractivity contribution >= 4 is 0 Å². The highest BCUT2D eigenvalue weighted by Gasteiger charge is 2.11. The molecule has 0 saturated heterocycles. The van der Waals surface area contributed by atoms with Crippen molar-refractivity contribution in [3.63, 3.8) is 0 Å². The summed E-state index contributed by atoms with van der Waals surface area (Å²) in [6.07, 6.45) is 9.85. The molecule has 0 amide bonds. The molecule has 58 valence electrons. The van der Waals surface area contributed by atoms with Crippen LogP contribution in [0.3, 0.4) is 0 Å². The third-order valence-electron chi connectivity index (χ3n) is 1.44. The molecule has 0 saturated carbocycles. The van der Waals surface area contributed by atoms with Crippen molar-refractivity contribution in [1.82, 2.24) is 0 Å². The fraction of sp³-hybridized carbons (Fsp3) is 0.556. The lowest BCUT2D eigenvalue weighted by atomic mass is 9.86. The van der Waals surface area contributed by atoms with Gasteiger partial charge in [-0.25, -0.2) is 0 Å². The average molecular weight is 139 g/mol. The molecule has 0 spiro atoms. The van der Waals surface area contributed by atoms with Crippen molar-refractivity contribution in [3.05, 3.63) is 24.3 Å². The van der Waals surface area contributed by atoms with Crippen molar-refractivity contribution in [1.29, 1.82) is 0 Å². The first-order chi connectivity index (χ1) is 4.71. The van der Waals surface area contributed by atoms with Crippen LogP contribution in [0.5, 0.6) is 0 Å². The molecule has 0 unspecified atom stereocenters. The molecule has 1 heteroatoms. The van der Waals surface area contributed by atoms with Crippen LogP contribution in [0.25, 0.3) is 0 Å². The molecule has 0 aromatic rings. The van der Waals surface area contributed by atoms with E-state index in [-0.39, 0.29) is 0 Å². The predicted molar refractivity (Wildman–Crippen MR) is 46.8 cm³/mol. The Morgan fingerprint density at radius 3 is 2.00 bits per heavy atom. The molecule has 1 rings (SSSR count). The van der Waals surface area contributed by atoms with Gasteiger partial charge in [-0.05, 0) is 18.9 Å². The van der Waals surface area contributed by atoms with Gasteiger partial charge in [0.2, 0.25) is 0 Å². The summed E-state index contributed by atoms with van der Waals surface area (Å²) in [5.74, 6) is 0. The van der Waals surface area contributed by atoms with Crippen molar-refractivity contribution in [3.8, 4) is 0 Å². The van der Waals surface area contributed by atoms with Gasteiger partial charge in [-0.1, -0.05) is 38.2 Å². The Morgan fingerprint density at radius 1 is 1.20 bits per heavy atom. The SMILES string of the molecule is CC1(C)C=CC=CC1.CN. The van der Waals surface area contributed by atoms with Gasteiger partial charge in [0.05, 0.1) is 0 Å². The zero-order valence-electron chi connectivity index (χ0n) is 7.09. The molecular weight excluding hydrogens is 122 g/mol. The van der Waals surface area contributed by atoms with Crippen LogP contribution in [0.15, 0.2) is 24.3 Å². The van der Waals surface area contributed by atoms with E-state index in [0.717, 1.165) is 0 Å². The van der Waals surface area contributed by atoms with E-state index in [4.69, 9.17) is 0 Å². The van der Waals surface area contributed by atoms with Crippen LogP contribution in [-0.4, -0.2) is 7.05 Å². The Bertz CT molecular complexity index is 132. The van der Waals surface area contributed by atoms with Crippen molar-refractivity contribution in [2.45, 2.75) is 20.3 Å². The average Bonchev–Trinajstić information content (AvgIpc) is 1.92. The molecule has 0 radical (unpaired) electrons. The van der Waals surface area contributed by atoms with E-state index in [1.807, 2.05) is 0 Å². The highest BCUT2D eigenvalue weighted by molar-refractivity contribution is 5.13. The zero-order valence-corrected chi connectivity index (χ0v) is 7.09. The maximum absolute atomic E-state index is 4.50. The van der Waals surface area contributed by atoms with E-state index < -0.39 is 0 Å². The quantitative estimate of drug-likeness (QED) is 0.546. The topological polar surface area (TPSA) is 26.0 Å². The Labute approximate surface area is 63.6 Å². The first kappa shape index (κ1) is 9.44. The first-order valence-corrected chi connectivity index (χ1v) is 3.63. The predicted octanol–water partition coefficient (Wildman–Crippen LogP) is 2.10. The Balaban J connectivity index is 0.000000371. The second kappa shape index (κ2) is 4.29. The molecule has 1 nitrogen and oxygen atoms in total. The molecule has 0 aromatic heterocycles. The summed E-state index contributed by atoms with van der Waals surface area (Å²) in [5, 5.41) is 0. The summed E-state index contributed by atoms with van der Waals surface area (Å²) < 4.78 is 0. The minimum absolute atomic E-state index is 0.411. The summed E-state index contributed by atoms with van der Waals surface area (Å²) >= 11 is 0. The van der Waals surface area contributed by atoms with Gasteiger partial charge in [-0.15, -0.1) is 0 Å². The van der Waals surface area contributed by atoms with Gasteiger partial charge in [-0.3, -0.25) is 0 Å². The van der Waals surface area contributed by atoms with Crippen molar-refractivity contribution in [2.75, 3.05) is 7.05 Å². The standard InChI is InChI=1S/C8H12.CH5N/c1-8(2)6-4-3-5-7-8;1-2/h3-6H,7H2,1-2H3;2H2,1H3. The maximum Gasteiger partial charge on any atom is -0.0137 e. The van der Waals surface area contributed by atoms with Crippen LogP contribution in [0.2, 0.25) is 0 Å². The largest absolute Gasteiger partial charge is 0.333 e. The lowest BCUT2D eigenvalue weighted by Gasteiger charge is -2.19. The molecule has 0 bridgehead atoms. The molecule has 10 heavy (non-hydrogen) atoms. The fourth-order valence-electron chi connectivity index (χ4n) is 0.834.